The van der Waals surface area contributed by atoms with Crippen molar-refractivity contribution in [3.05, 3.63) is 85.1 Å². The van der Waals surface area contributed by atoms with Gasteiger partial charge in [-0.1, -0.05) is 157 Å². The predicted octanol–water partition coefficient (Wildman–Crippen LogP) is 13.3. The molecule has 0 saturated carbocycles. The van der Waals surface area contributed by atoms with Crippen LogP contribution in [0.2, 0.25) is 0 Å². The number of unbranched alkanes of at least 4 members (excludes halogenated alkanes) is 12. The lowest BCUT2D eigenvalue weighted by Crippen LogP contribution is -2.16. The lowest BCUT2D eigenvalue weighted by atomic mass is 10.0. The van der Waals surface area contributed by atoms with Crippen molar-refractivity contribution in [2.24, 2.45) is 0 Å². The zero-order valence-corrected chi connectivity index (χ0v) is 30.3. The minimum absolute atomic E-state index is 0.122. The number of rotatable bonds is 33. The average Bonchev–Trinajstić information content (AvgIpc) is 3.05. The summed E-state index contributed by atoms with van der Waals surface area (Å²) in [6.07, 6.45) is 54.7. The minimum Gasteiger partial charge on any atom is -0.481 e. The average molecular weight is 651 g/mol. The second kappa shape index (κ2) is 37.6. The summed E-state index contributed by atoms with van der Waals surface area (Å²) < 4.78 is 5.87. The fourth-order valence-electron chi connectivity index (χ4n) is 5.06. The molecule has 1 unspecified atom stereocenters. The lowest BCUT2D eigenvalue weighted by Gasteiger charge is -2.14. The molecule has 1 N–H and O–H groups in total. The van der Waals surface area contributed by atoms with E-state index < -0.39 is 5.97 Å². The molecule has 0 saturated heterocycles. The molecule has 0 amide bonds. The van der Waals surface area contributed by atoms with E-state index in [1.807, 2.05) is 0 Å². The van der Waals surface area contributed by atoms with Crippen LogP contribution >= 0.6 is 0 Å². The standard InChI is InChI=1S/C43H70O4/c1-3-5-7-9-11-13-14-15-16-17-18-19-20-21-22-24-26-32-36-40-43(46)47-41(37-33-29-25-23-12-10-8-6-4-2)38-34-30-27-28-31-35-39-42(44)45/h5,7,11,13,15-16,18-19,21-22,26,32-33,37,41H,3-4,6,8-10,12,14,17,20,23-25,27-31,34-36,38-40H2,1-2H3,(H,44,45)/b7-5-,13-11-,16-15-,19-18-,22-21-,32-26-,37-33-. The van der Waals surface area contributed by atoms with Crippen molar-refractivity contribution in [1.82, 2.24) is 0 Å². The molecule has 0 spiro atoms. The van der Waals surface area contributed by atoms with Crippen molar-refractivity contribution in [3.63, 3.8) is 0 Å². The molecule has 47 heavy (non-hydrogen) atoms. The van der Waals surface area contributed by atoms with E-state index in [9.17, 15) is 9.59 Å². The van der Waals surface area contributed by atoms with Gasteiger partial charge in [-0.3, -0.25) is 9.59 Å². The molecule has 0 aromatic carbocycles. The van der Waals surface area contributed by atoms with Gasteiger partial charge in [-0.2, -0.15) is 0 Å². The maximum Gasteiger partial charge on any atom is 0.306 e. The van der Waals surface area contributed by atoms with Crippen molar-refractivity contribution in [2.75, 3.05) is 0 Å². The third kappa shape index (κ3) is 37.5. The van der Waals surface area contributed by atoms with Gasteiger partial charge in [0.2, 0.25) is 0 Å². The molecule has 0 bridgehead atoms. The highest BCUT2D eigenvalue weighted by molar-refractivity contribution is 5.69. The minimum atomic E-state index is -0.709. The first kappa shape index (κ1) is 44.1. The van der Waals surface area contributed by atoms with Crippen LogP contribution in [0.25, 0.3) is 0 Å². The maximum absolute atomic E-state index is 12.6. The SMILES string of the molecule is CC/C=C\C/C=C\C/C=C\C/C=C\C/C=C\C/C=C\CCC(=O)OC(/C=C\CCCCCCCCC)CCCCCCCCC(=O)O. The van der Waals surface area contributed by atoms with Crippen LogP contribution in [-0.4, -0.2) is 23.1 Å². The van der Waals surface area contributed by atoms with Gasteiger partial charge in [0.05, 0.1) is 0 Å². The van der Waals surface area contributed by atoms with E-state index in [0.29, 0.717) is 12.8 Å². The first-order valence-corrected chi connectivity index (χ1v) is 19.1. The van der Waals surface area contributed by atoms with Crippen molar-refractivity contribution in [1.29, 1.82) is 0 Å². The fourth-order valence-corrected chi connectivity index (χ4v) is 5.06. The zero-order chi connectivity index (χ0) is 34.3. The van der Waals surface area contributed by atoms with Crippen LogP contribution in [0.1, 0.15) is 168 Å². The predicted molar refractivity (Wildman–Crippen MR) is 204 cm³/mol. The van der Waals surface area contributed by atoms with Gasteiger partial charge in [0.25, 0.3) is 0 Å². The van der Waals surface area contributed by atoms with Crippen molar-refractivity contribution in [3.8, 4) is 0 Å². The van der Waals surface area contributed by atoms with Crippen LogP contribution in [0.4, 0.5) is 0 Å². The Morgan fingerprint density at radius 2 is 0.979 bits per heavy atom. The summed E-state index contributed by atoms with van der Waals surface area (Å²) in [7, 11) is 0. The van der Waals surface area contributed by atoms with Gasteiger partial charge < -0.3 is 9.84 Å². The van der Waals surface area contributed by atoms with Crippen LogP contribution in [0.5, 0.6) is 0 Å². The molecule has 0 aliphatic heterocycles. The molecule has 266 valence electrons. The van der Waals surface area contributed by atoms with Gasteiger partial charge in [-0.05, 0) is 83.1 Å². The Hall–Kier alpha value is -2.88. The molecule has 0 aliphatic rings. The Labute approximate surface area is 289 Å². The number of carboxylic acid groups (broad SMARTS) is 1. The Kier molecular flexibility index (Phi) is 35.3. The topological polar surface area (TPSA) is 63.6 Å². The highest BCUT2D eigenvalue weighted by Crippen LogP contribution is 2.15. The molecule has 4 nitrogen and oxygen atoms in total. The van der Waals surface area contributed by atoms with Crippen LogP contribution < -0.4 is 0 Å². The summed E-state index contributed by atoms with van der Waals surface area (Å²) in [5.74, 6) is -0.831. The molecule has 1 atom stereocenters. The number of aliphatic carboxylic acids is 1. The summed E-state index contributed by atoms with van der Waals surface area (Å²) in [5.41, 5.74) is 0. The molecule has 0 aliphatic carbocycles. The van der Waals surface area contributed by atoms with Gasteiger partial charge in [-0.25, -0.2) is 0 Å². The van der Waals surface area contributed by atoms with Gasteiger partial charge >= 0.3 is 11.9 Å². The smallest absolute Gasteiger partial charge is 0.306 e. The van der Waals surface area contributed by atoms with E-state index in [4.69, 9.17) is 9.84 Å². The van der Waals surface area contributed by atoms with Gasteiger partial charge in [-0.15, -0.1) is 0 Å². The molecule has 0 radical (unpaired) electrons. The van der Waals surface area contributed by atoms with Gasteiger partial charge in [0.15, 0.2) is 0 Å². The first-order valence-electron chi connectivity index (χ1n) is 19.1. The summed E-state index contributed by atoms with van der Waals surface area (Å²) in [6, 6.07) is 0. The Morgan fingerprint density at radius 3 is 1.51 bits per heavy atom. The molecule has 0 heterocycles. The monoisotopic (exact) mass is 651 g/mol. The largest absolute Gasteiger partial charge is 0.481 e. The number of carbonyl (C=O) groups is 2. The number of ether oxygens (including phenoxy) is 1. The molecular weight excluding hydrogens is 580 g/mol. The lowest BCUT2D eigenvalue weighted by molar-refractivity contribution is -0.147. The molecule has 4 heteroatoms. The highest BCUT2D eigenvalue weighted by atomic mass is 16.5. The van der Waals surface area contributed by atoms with Crippen molar-refractivity contribution >= 4 is 11.9 Å². The number of hydrogen-bond donors (Lipinski definition) is 1. The Bertz CT molecular complexity index is 918. The van der Waals surface area contributed by atoms with Crippen LogP contribution in [0, 0.1) is 0 Å². The number of hydrogen-bond acceptors (Lipinski definition) is 3. The Balaban J connectivity index is 4.25. The number of carboxylic acids is 1. The van der Waals surface area contributed by atoms with Crippen LogP contribution in [-0.2, 0) is 14.3 Å². The van der Waals surface area contributed by atoms with E-state index in [0.717, 1.165) is 89.9 Å². The maximum atomic E-state index is 12.6. The quantitative estimate of drug-likeness (QED) is 0.0436. The zero-order valence-electron chi connectivity index (χ0n) is 30.3. The number of esters is 1. The van der Waals surface area contributed by atoms with Gasteiger partial charge in [0, 0.05) is 12.8 Å². The van der Waals surface area contributed by atoms with E-state index >= 15 is 0 Å². The summed E-state index contributed by atoms with van der Waals surface area (Å²) in [5, 5.41) is 8.77. The molecule has 0 rings (SSSR count). The van der Waals surface area contributed by atoms with Crippen molar-refractivity contribution in [2.45, 2.75) is 174 Å². The first-order chi connectivity index (χ1) is 23.1. The summed E-state index contributed by atoms with van der Waals surface area (Å²) in [4.78, 5) is 23.2. The second-order valence-corrected chi connectivity index (χ2v) is 12.4. The van der Waals surface area contributed by atoms with Crippen molar-refractivity contribution < 1.29 is 19.4 Å². The molecular formula is C43H70O4. The van der Waals surface area contributed by atoms with Crippen LogP contribution in [0.3, 0.4) is 0 Å². The summed E-state index contributed by atoms with van der Waals surface area (Å²) >= 11 is 0. The fraction of sp³-hybridized carbons (Fsp3) is 0.628. The highest BCUT2D eigenvalue weighted by Gasteiger charge is 2.11. The van der Waals surface area contributed by atoms with E-state index in [2.05, 4.69) is 98.9 Å². The van der Waals surface area contributed by atoms with E-state index in [-0.39, 0.29) is 18.5 Å². The van der Waals surface area contributed by atoms with E-state index in [1.165, 1.54) is 44.9 Å². The molecule has 0 aromatic rings. The summed E-state index contributed by atoms with van der Waals surface area (Å²) in [6.45, 7) is 4.41. The normalized spacial score (nSPS) is 13.2. The number of allylic oxidation sites excluding steroid dienone is 13. The number of carbonyl (C=O) groups excluding carboxylic acids is 1. The molecule has 0 aromatic heterocycles. The third-order valence-corrected chi connectivity index (χ3v) is 7.85. The third-order valence-electron chi connectivity index (χ3n) is 7.85. The van der Waals surface area contributed by atoms with E-state index in [1.54, 1.807) is 0 Å². The van der Waals surface area contributed by atoms with Gasteiger partial charge in [0.1, 0.15) is 6.10 Å². The second-order valence-electron chi connectivity index (χ2n) is 12.4. The Morgan fingerprint density at radius 1 is 0.511 bits per heavy atom. The van der Waals surface area contributed by atoms with Crippen LogP contribution in [0.15, 0.2) is 85.1 Å². The molecule has 0 fully saturated rings.